The fourth-order valence-corrected chi connectivity index (χ4v) is 2.11. The van der Waals surface area contributed by atoms with Crippen molar-refractivity contribution in [2.45, 2.75) is 32.8 Å². The highest BCUT2D eigenvalue weighted by Gasteiger charge is 2.28. The Morgan fingerprint density at radius 3 is 2.88 bits per heavy atom. The number of hydrogen-bond acceptors (Lipinski definition) is 2. The van der Waals surface area contributed by atoms with Crippen molar-refractivity contribution in [3.05, 3.63) is 29.3 Å². The van der Waals surface area contributed by atoms with Crippen LogP contribution >= 0.6 is 0 Å². The molecule has 1 N–H and O–H groups in total. The van der Waals surface area contributed by atoms with Crippen molar-refractivity contribution in [1.82, 2.24) is 0 Å². The molecule has 1 saturated heterocycles. The van der Waals surface area contributed by atoms with E-state index in [0.717, 1.165) is 23.2 Å². The highest BCUT2D eigenvalue weighted by Crippen LogP contribution is 2.25. The number of piperidine rings is 1. The lowest BCUT2D eigenvalue weighted by atomic mass is 10.0. The number of nitrogens with zero attached hydrogens (tertiary/aromatic N) is 1. The van der Waals surface area contributed by atoms with E-state index in [-0.39, 0.29) is 5.91 Å². The molecule has 3 nitrogen and oxygen atoms in total. The van der Waals surface area contributed by atoms with E-state index in [1.165, 1.54) is 0 Å². The van der Waals surface area contributed by atoms with Crippen molar-refractivity contribution in [1.29, 1.82) is 0 Å². The number of anilines is 1. The van der Waals surface area contributed by atoms with Crippen molar-refractivity contribution in [3.8, 4) is 0 Å². The number of carbonyl (C=O) groups is 1. The Labute approximate surface area is 95.7 Å². The maximum absolute atomic E-state index is 11.9. The number of aliphatic hydroxyl groups excluding tert-OH is 1. The lowest BCUT2D eigenvalue weighted by molar-refractivity contribution is -0.128. The number of hydrogen-bond donors (Lipinski definition) is 1. The Bertz CT molecular complexity index is 414. The van der Waals surface area contributed by atoms with Crippen LogP contribution in [0.1, 0.15) is 24.0 Å². The molecule has 0 radical (unpaired) electrons. The maximum atomic E-state index is 11.9. The monoisotopic (exact) mass is 219 g/mol. The lowest BCUT2D eigenvalue weighted by Crippen LogP contribution is -2.44. The smallest absolute Gasteiger partial charge is 0.255 e. The summed E-state index contributed by atoms with van der Waals surface area (Å²) in [5.41, 5.74) is 3.14. The van der Waals surface area contributed by atoms with Gasteiger partial charge < -0.3 is 10.0 Å². The first-order valence-corrected chi connectivity index (χ1v) is 5.66. The molecule has 1 aliphatic rings. The third-order valence-corrected chi connectivity index (χ3v) is 3.07. The van der Waals surface area contributed by atoms with Gasteiger partial charge in [0.1, 0.15) is 6.10 Å². The summed E-state index contributed by atoms with van der Waals surface area (Å²) in [6.07, 6.45) is 0.620. The van der Waals surface area contributed by atoms with E-state index < -0.39 is 6.10 Å². The lowest BCUT2D eigenvalue weighted by Gasteiger charge is -2.31. The van der Waals surface area contributed by atoms with Gasteiger partial charge in [0, 0.05) is 12.2 Å². The second-order valence-corrected chi connectivity index (χ2v) is 4.44. The molecule has 1 aromatic rings. The molecular formula is C13H17NO2. The Morgan fingerprint density at radius 2 is 2.12 bits per heavy atom. The SMILES string of the molecule is Cc1ccc(C)c(N2CCCC(O)C2=O)c1. The normalized spacial score (nSPS) is 21.3. The standard InChI is InChI=1S/C13H17NO2/c1-9-5-6-10(2)11(8-9)14-7-3-4-12(15)13(14)16/h5-6,8,12,15H,3-4,7H2,1-2H3. The minimum Gasteiger partial charge on any atom is -0.383 e. The molecule has 0 spiro atoms. The molecule has 1 amide bonds. The fourth-order valence-electron chi connectivity index (χ4n) is 2.11. The summed E-state index contributed by atoms with van der Waals surface area (Å²) in [5.74, 6) is -0.167. The molecule has 0 bridgehead atoms. The second kappa shape index (κ2) is 4.26. The van der Waals surface area contributed by atoms with E-state index in [2.05, 4.69) is 0 Å². The van der Waals surface area contributed by atoms with E-state index in [1.807, 2.05) is 32.0 Å². The predicted molar refractivity (Wildman–Crippen MR) is 63.5 cm³/mol. The van der Waals surface area contributed by atoms with E-state index in [1.54, 1.807) is 4.90 Å². The average molecular weight is 219 g/mol. The fraction of sp³-hybridized carbons (Fsp3) is 0.462. The van der Waals surface area contributed by atoms with Gasteiger partial charge in [-0.05, 0) is 43.9 Å². The predicted octanol–water partition coefficient (Wildman–Crippen LogP) is 1.79. The number of rotatable bonds is 1. The second-order valence-electron chi connectivity index (χ2n) is 4.44. The van der Waals surface area contributed by atoms with Crippen LogP contribution in [0.4, 0.5) is 5.69 Å². The molecule has 3 heteroatoms. The summed E-state index contributed by atoms with van der Waals surface area (Å²) < 4.78 is 0. The molecule has 16 heavy (non-hydrogen) atoms. The Hall–Kier alpha value is -1.35. The first kappa shape index (κ1) is 11.1. The summed E-state index contributed by atoms with van der Waals surface area (Å²) in [6, 6.07) is 6.05. The van der Waals surface area contributed by atoms with Gasteiger partial charge in [-0.3, -0.25) is 4.79 Å². The van der Waals surface area contributed by atoms with E-state index in [9.17, 15) is 9.90 Å². The molecule has 0 aliphatic carbocycles. The van der Waals surface area contributed by atoms with Crippen LogP contribution in [-0.4, -0.2) is 23.7 Å². The zero-order valence-corrected chi connectivity index (χ0v) is 9.73. The van der Waals surface area contributed by atoms with Crippen molar-refractivity contribution >= 4 is 11.6 Å². The van der Waals surface area contributed by atoms with Crippen LogP contribution in [0, 0.1) is 13.8 Å². The largest absolute Gasteiger partial charge is 0.383 e. The quantitative estimate of drug-likeness (QED) is 0.782. The number of benzene rings is 1. The minimum atomic E-state index is -0.825. The molecule has 1 unspecified atom stereocenters. The van der Waals surface area contributed by atoms with Crippen molar-refractivity contribution < 1.29 is 9.90 Å². The van der Waals surface area contributed by atoms with Gasteiger partial charge in [-0.25, -0.2) is 0 Å². The van der Waals surface area contributed by atoms with E-state index in [4.69, 9.17) is 0 Å². The highest BCUT2D eigenvalue weighted by atomic mass is 16.3. The summed E-state index contributed by atoms with van der Waals surface area (Å²) in [6.45, 7) is 4.71. The zero-order valence-electron chi connectivity index (χ0n) is 9.73. The molecule has 1 heterocycles. The van der Waals surface area contributed by atoms with Gasteiger partial charge >= 0.3 is 0 Å². The number of amides is 1. The first-order chi connectivity index (χ1) is 7.59. The molecule has 0 aromatic heterocycles. The molecule has 1 atom stereocenters. The van der Waals surface area contributed by atoms with Crippen molar-refractivity contribution in [3.63, 3.8) is 0 Å². The molecule has 1 aliphatic heterocycles. The van der Waals surface area contributed by atoms with Gasteiger partial charge in [0.15, 0.2) is 0 Å². The first-order valence-electron chi connectivity index (χ1n) is 5.66. The van der Waals surface area contributed by atoms with Gasteiger partial charge in [0.25, 0.3) is 5.91 Å². The van der Waals surface area contributed by atoms with Crippen molar-refractivity contribution in [2.75, 3.05) is 11.4 Å². The van der Waals surface area contributed by atoms with Gasteiger partial charge in [0.2, 0.25) is 0 Å². The molecule has 86 valence electrons. The summed E-state index contributed by atoms with van der Waals surface area (Å²) in [4.78, 5) is 13.6. The summed E-state index contributed by atoms with van der Waals surface area (Å²) >= 11 is 0. The third kappa shape index (κ3) is 1.95. The van der Waals surface area contributed by atoms with Crippen LogP contribution in [0.5, 0.6) is 0 Å². The summed E-state index contributed by atoms with van der Waals surface area (Å²) in [5, 5.41) is 9.58. The van der Waals surface area contributed by atoms with Crippen LogP contribution in [0.3, 0.4) is 0 Å². The molecule has 1 fully saturated rings. The number of carbonyl (C=O) groups excluding carboxylic acids is 1. The third-order valence-electron chi connectivity index (χ3n) is 3.07. The Kier molecular flexibility index (Phi) is 2.97. The zero-order chi connectivity index (χ0) is 11.7. The topological polar surface area (TPSA) is 40.5 Å². The van der Waals surface area contributed by atoms with Gasteiger partial charge in [-0.2, -0.15) is 0 Å². The number of aryl methyl sites for hydroxylation is 2. The van der Waals surface area contributed by atoms with E-state index in [0.29, 0.717) is 13.0 Å². The summed E-state index contributed by atoms with van der Waals surface area (Å²) in [7, 11) is 0. The van der Waals surface area contributed by atoms with E-state index >= 15 is 0 Å². The van der Waals surface area contributed by atoms with Gasteiger partial charge in [0.05, 0.1) is 0 Å². The maximum Gasteiger partial charge on any atom is 0.255 e. The minimum absolute atomic E-state index is 0.167. The Morgan fingerprint density at radius 1 is 1.38 bits per heavy atom. The molecule has 2 rings (SSSR count). The van der Waals surface area contributed by atoms with Gasteiger partial charge in [-0.1, -0.05) is 12.1 Å². The molecule has 0 saturated carbocycles. The average Bonchev–Trinajstić information content (AvgIpc) is 2.26. The number of aliphatic hydroxyl groups is 1. The highest BCUT2D eigenvalue weighted by molar-refractivity contribution is 5.97. The van der Waals surface area contributed by atoms with Crippen LogP contribution in [0.2, 0.25) is 0 Å². The molecular weight excluding hydrogens is 202 g/mol. The Balaban J connectivity index is 2.35. The van der Waals surface area contributed by atoms with Gasteiger partial charge in [-0.15, -0.1) is 0 Å². The van der Waals surface area contributed by atoms with Crippen LogP contribution in [0.25, 0.3) is 0 Å². The van der Waals surface area contributed by atoms with Crippen molar-refractivity contribution in [2.24, 2.45) is 0 Å². The van der Waals surface area contributed by atoms with Crippen LogP contribution in [-0.2, 0) is 4.79 Å². The van der Waals surface area contributed by atoms with Crippen LogP contribution in [0.15, 0.2) is 18.2 Å². The molecule has 1 aromatic carbocycles. The van der Waals surface area contributed by atoms with Crippen LogP contribution < -0.4 is 4.90 Å².